The van der Waals surface area contributed by atoms with Crippen molar-refractivity contribution in [2.24, 2.45) is 5.73 Å². The summed E-state index contributed by atoms with van der Waals surface area (Å²) in [5, 5.41) is 0.933. The molecule has 2 aromatic rings. The molecular formula is C17H21BrN2O3. The van der Waals surface area contributed by atoms with Crippen LogP contribution in [0, 0.1) is 0 Å². The molecule has 5 nitrogen and oxygen atoms in total. The number of carbonyl (C=O) groups is 1. The Morgan fingerprint density at radius 1 is 1.35 bits per heavy atom. The molecular weight excluding hydrogens is 360 g/mol. The molecule has 0 bridgehead atoms. The highest BCUT2D eigenvalue weighted by Crippen LogP contribution is 2.25. The zero-order valence-corrected chi connectivity index (χ0v) is 14.5. The second-order valence-electron chi connectivity index (χ2n) is 5.80. The second-order valence-corrected chi connectivity index (χ2v) is 6.71. The molecule has 1 aromatic carbocycles. The van der Waals surface area contributed by atoms with E-state index in [2.05, 4.69) is 15.9 Å². The monoisotopic (exact) mass is 380 g/mol. The van der Waals surface area contributed by atoms with Crippen molar-refractivity contribution in [2.75, 3.05) is 26.2 Å². The summed E-state index contributed by atoms with van der Waals surface area (Å²) in [4.78, 5) is 14.4. The zero-order valence-electron chi connectivity index (χ0n) is 13.0. The smallest absolute Gasteiger partial charge is 0.289 e. The van der Waals surface area contributed by atoms with Crippen LogP contribution in [-0.4, -0.2) is 43.2 Å². The van der Waals surface area contributed by atoms with Gasteiger partial charge in [0.25, 0.3) is 5.91 Å². The van der Waals surface area contributed by atoms with Gasteiger partial charge in [0.05, 0.1) is 6.10 Å². The molecule has 0 radical (unpaired) electrons. The number of benzene rings is 1. The molecule has 1 aliphatic rings. The topological polar surface area (TPSA) is 68.7 Å². The third-order valence-electron chi connectivity index (χ3n) is 4.12. The van der Waals surface area contributed by atoms with Crippen molar-refractivity contribution in [3.8, 4) is 0 Å². The standard InChI is InChI=1S/C17H21BrN2O3/c18-13-2-3-15-12(10-13)11-16(23-15)17(21)20-7-4-14(5-8-20)22-9-1-6-19/h2-3,10-11,14H,1,4-9,19H2. The summed E-state index contributed by atoms with van der Waals surface area (Å²) < 4.78 is 12.4. The molecule has 0 atom stereocenters. The number of likely N-dealkylation sites (tertiary alicyclic amines) is 1. The molecule has 2 N–H and O–H groups in total. The predicted octanol–water partition coefficient (Wildman–Crippen LogP) is 3.17. The molecule has 124 valence electrons. The zero-order chi connectivity index (χ0) is 16.2. The van der Waals surface area contributed by atoms with Crippen molar-refractivity contribution in [3.05, 3.63) is 34.5 Å². The number of halogens is 1. The molecule has 0 unspecified atom stereocenters. The number of hydrogen-bond donors (Lipinski definition) is 1. The summed E-state index contributed by atoms with van der Waals surface area (Å²) in [6, 6.07) is 7.54. The van der Waals surface area contributed by atoms with E-state index in [1.165, 1.54) is 0 Å². The average Bonchev–Trinajstić information content (AvgIpc) is 2.98. The fourth-order valence-corrected chi connectivity index (χ4v) is 3.21. The summed E-state index contributed by atoms with van der Waals surface area (Å²) in [6.45, 7) is 2.76. The summed E-state index contributed by atoms with van der Waals surface area (Å²) in [5.74, 6) is 0.360. The van der Waals surface area contributed by atoms with Crippen LogP contribution in [0.3, 0.4) is 0 Å². The first-order valence-corrected chi connectivity index (χ1v) is 8.76. The highest BCUT2D eigenvalue weighted by Gasteiger charge is 2.26. The molecule has 6 heteroatoms. The Labute approximate surface area is 143 Å². The molecule has 0 aliphatic carbocycles. The number of ether oxygens (including phenoxy) is 1. The van der Waals surface area contributed by atoms with Crippen molar-refractivity contribution in [1.82, 2.24) is 4.90 Å². The lowest BCUT2D eigenvalue weighted by molar-refractivity contribution is 0.00770. The minimum Gasteiger partial charge on any atom is -0.451 e. The number of carbonyl (C=O) groups excluding carboxylic acids is 1. The molecule has 3 rings (SSSR count). The number of rotatable bonds is 5. The molecule has 1 aliphatic heterocycles. The van der Waals surface area contributed by atoms with E-state index in [4.69, 9.17) is 14.9 Å². The van der Waals surface area contributed by atoms with Gasteiger partial charge in [0.2, 0.25) is 0 Å². The van der Waals surface area contributed by atoms with E-state index in [0.29, 0.717) is 32.0 Å². The van der Waals surface area contributed by atoms with Crippen LogP contribution in [0.25, 0.3) is 11.0 Å². The Morgan fingerprint density at radius 3 is 2.87 bits per heavy atom. The van der Waals surface area contributed by atoms with E-state index in [1.807, 2.05) is 29.2 Å². The van der Waals surface area contributed by atoms with Gasteiger partial charge in [0.1, 0.15) is 5.58 Å². The Kier molecular flexibility index (Phi) is 5.35. The number of amides is 1. The second kappa shape index (κ2) is 7.47. The summed E-state index contributed by atoms with van der Waals surface area (Å²) in [7, 11) is 0. The van der Waals surface area contributed by atoms with Crippen molar-refractivity contribution < 1.29 is 13.9 Å². The SMILES string of the molecule is NCCCOC1CCN(C(=O)c2cc3cc(Br)ccc3o2)CC1. The van der Waals surface area contributed by atoms with Crippen molar-refractivity contribution in [3.63, 3.8) is 0 Å². The van der Waals surface area contributed by atoms with Gasteiger partial charge in [-0.3, -0.25) is 4.79 Å². The Hall–Kier alpha value is -1.37. The average molecular weight is 381 g/mol. The predicted molar refractivity (Wildman–Crippen MR) is 92.5 cm³/mol. The van der Waals surface area contributed by atoms with Crippen LogP contribution in [-0.2, 0) is 4.74 Å². The van der Waals surface area contributed by atoms with E-state index in [-0.39, 0.29) is 12.0 Å². The first kappa shape index (κ1) is 16.5. The Morgan fingerprint density at radius 2 is 2.13 bits per heavy atom. The van der Waals surface area contributed by atoms with Gasteiger partial charge in [0, 0.05) is 29.6 Å². The van der Waals surface area contributed by atoms with Gasteiger partial charge < -0.3 is 19.8 Å². The van der Waals surface area contributed by atoms with Crippen LogP contribution in [0.4, 0.5) is 0 Å². The van der Waals surface area contributed by atoms with Crippen LogP contribution in [0.15, 0.2) is 33.2 Å². The maximum Gasteiger partial charge on any atom is 0.289 e. The quantitative estimate of drug-likeness (QED) is 0.808. The van der Waals surface area contributed by atoms with E-state index >= 15 is 0 Å². The molecule has 0 spiro atoms. The first-order valence-electron chi connectivity index (χ1n) is 7.97. The van der Waals surface area contributed by atoms with E-state index in [0.717, 1.165) is 34.7 Å². The van der Waals surface area contributed by atoms with Gasteiger partial charge in [-0.2, -0.15) is 0 Å². The summed E-state index contributed by atoms with van der Waals surface area (Å²) in [5.41, 5.74) is 6.20. The highest BCUT2D eigenvalue weighted by molar-refractivity contribution is 9.10. The van der Waals surface area contributed by atoms with Crippen LogP contribution in [0.1, 0.15) is 29.8 Å². The minimum absolute atomic E-state index is 0.0438. The van der Waals surface area contributed by atoms with Gasteiger partial charge >= 0.3 is 0 Å². The lowest BCUT2D eigenvalue weighted by Gasteiger charge is -2.31. The number of furan rings is 1. The van der Waals surface area contributed by atoms with Crippen LogP contribution < -0.4 is 5.73 Å². The molecule has 1 aromatic heterocycles. The van der Waals surface area contributed by atoms with Gasteiger partial charge in [-0.15, -0.1) is 0 Å². The van der Waals surface area contributed by atoms with Crippen LogP contribution in [0.5, 0.6) is 0 Å². The van der Waals surface area contributed by atoms with Gasteiger partial charge in [0.15, 0.2) is 5.76 Å². The fraction of sp³-hybridized carbons (Fsp3) is 0.471. The third kappa shape index (κ3) is 3.94. The normalized spacial score (nSPS) is 16.2. The van der Waals surface area contributed by atoms with Gasteiger partial charge in [-0.05, 0) is 50.1 Å². The molecule has 1 fully saturated rings. The Bertz CT molecular complexity index is 678. The number of fused-ring (bicyclic) bond motifs is 1. The highest BCUT2D eigenvalue weighted by atomic mass is 79.9. The maximum atomic E-state index is 12.6. The third-order valence-corrected chi connectivity index (χ3v) is 4.61. The minimum atomic E-state index is -0.0438. The number of piperidine rings is 1. The summed E-state index contributed by atoms with van der Waals surface area (Å²) >= 11 is 3.43. The molecule has 1 saturated heterocycles. The lowest BCUT2D eigenvalue weighted by Crippen LogP contribution is -2.40. The molecule has 1 amide bonds. The van der Waals surface area contributed by atoms with Crippen LogP contribution in [0.2, 0.25) is 0 Å². The number of nitrogens with zero attached hydrogens (tertiary/aromatic N) is 1. The van der Waals surface area contributed by atoms with Gasteiger partial charge in [-0.1, -0.05) is 15.9 Å². The number of hydrogen-bond acceptors (Lipinski definition) is 4. The van der Waals surface area contributed by atoms with E-state index < -0.39 is 0 Å². The maximum absolute atomic E-state index is 12.6. The molecule has 23 heavy (non-hydrogen) atoms. The van der Waals surface area contributed by atoms with Crippen molar-refractivity contribution in [1.29, 1.82) is 0 Å². The summed E-state index contributed by atoms with van der Waals surface area (Å²) in [6.07, 6.45) is 2.84. The first-order chi connectivity index (χ1) is 11.2. The van der Waals surface area contributed by atoms with Crippen molar-refractivity contribution >= 4 is 32.8 Å². The van der Waals surface area contributed by atoms with Gasteiger partial charge in [-0.25, -0.2) is 0 Å². The lowest BCUT2D eigenvalue weighted by atomic mass is 10.1. The van der Waals surface area contributed by atoms with Crippen molar-refractivity contribution in [2.45, 2.75) is 25.4 Å². The Balaban J connectivity index is 1.60. The largest absolute Gasteiger partial charge is 0.451 e. The van der Waals surface area contributed by atoms with E-state index in [9.17, 15) is 4.79 Å². The van der Waals surface area contributed by atoms with E-state index in [1.54, 1.807) is 0 Å². The van der Waals surface area contributed by atoms with Crippen LogP contribution >= 0.6 is 15.9 Å². The molecule has 0 saturated carbocycles. The number of nitrogens with two attached hydrogens (primary N) is 1. The molecule has 2 heterocycles. The fourth-order valence-electron chi connectivity index (χ4n) is 2.83.